The van der Waals surface area contributed by atoms with Crippen LogP contribution in [0.2, 0.25) is 0 Å². The Morgan fingerprint density at radius 1 is 1.39 bits per heavy atom. The summed E-state index contributed by atoms with van der Waals surface area (Å²) in [4.78, 5) is 12.2. The van der Waals surface area contributed by atoms with Crippen molar-refractivity contribution in [2.45, 2.75) is 64.7 Å². The number of hydrogen-bond donors (Lipinski definition) is 0. The molecule has 1 unspecified atom stereocenters. The normalized spacial score (nSPS) is 23.7. The van der Waals surface area contributed by atoms with Gasteiger partial charge in [0, 0.05) is 12.0 Å². The summed E-state index contributed by atoms with van der Waals surface area (Å²) in [5, 5.41) is 0. The minimum absolute atomic E-state index is 0.166. The van der Waals surface area contributed by atoms with Crippen LogP contribution in [0.15, 0.2) is 11.1 Å². The molecule has 0 aliphatic carbocycles. The molecule has 4 heteroatoms. The second-order valence-corrected chi connectivity index (χ2v) is 6.93. The maximum absolute atomic E-state index is 12.2. The summed E-state index contributed by atoms with van der Waals surface area (Å²) in [5.41, 5.74) is 1.32. The molecule has 0 radical (unpaired) electrons. The number of rotatable bonds is 5. The highest BCUT2D eigenvalue weighted by atomic mass is 28.1. The van der Waals surface area contributed by atoms with Crippen LogP contribution in [0.5, 0.6) is 0 Å². The fourth-order valence-electron chi connectivity index (χ4n) is 2.16. The quantitative estimate of drug-likeness (QED) is 0.437. The lowest BCUT2D eigenvalue weighted by Crippen LogP contribution is -2.42. The van der Waals surface area contributed by atoms with Crippen molar-refractivity contribution >= 4 is 16.2 Å². The highest BCUT2D eigenvalue weighted by molar-refractivity contribution is 6.14. The van der Waals surface area contributed by atoms with Crippen molar-refractivity contribution in [1.82, 2.24) is 0 Å². The zero-order chi connectivity index (χ0) is 13.6. The van der Waals surface area contributed by atoms with Crippen LogP contribution < -0.4 is 0 Å². The van der Waals surface area contributed by atoms with E-state index in [2.05, 4.69) is 6.92 Å². The van der Waals surface area contributed by atoms with E-state index in [0.717, 1.165) is 66.5 Å². The van der Waals surface area contributed by atoms with Crippen LogP contribution in [0.1, 0.15) is 59.3 Å². The Labute approximate surface area is 113 Å². The maximum Gasteiger partial charge on any atom is 0.336 e. The van der Waals surface area contributed by atoms with Crippen molar-refractivity contribution in [2.24, 2.45) is 0 Å². The van der Waals surface area contributed by atoms with E-state index in [1.807, 2.05) is 13.8 Å². The van der Waals surface area contributed by atoms with Gasteiger partial charge in [-0.2, -0.15) is 0 Å². The van der Waals surface area contributed by atoms with Gasteiger partial charge in [-0.05, 0) is 39.5 Å². The third-order valence-corrected chi connectivity index (χ3v) is 4.36. The fourth-order valence-corrected chi connectivity index (χ4v) is 2.90. The van der Waals surface area contributed by atoms with Gasteiger partial charge in [0.1, 0.15) is 0 Å². The van der Waals surface area contributed by atoms with Gasteiger partial charge in [-0.1, -0.05) is 18.9 Å². The van der Waals surface area contributed by atoms with Crippen molar-refractivity contribution < 1.29 is 14.3 Å². The van der Waals surface area contributed by atoms with Crippen LogP contribution >= 0.6 is 0 Å². The molecule has 1 rings (SSSR count). The predicted molar refractivity (Wildman–Crippen MR) is 76.5 cm³/mol. The Kier molecular flexibility index (Phi) is 6.09. The highest BCUT2D eigenvalue weighted by Gasteiger charge is 2.32. The van der Waals surface area contributed by atoms with E-state index >= 15 is 0 Å². The van der Waals surface area contributed by atoms with E-state index in [-0.39, 0.29) is 5.97 Å². The lowest BCUT2D eigenvalue weighted by atomic mass is 10.0. The van der Waals surface area contributed by atoms with E-state index < -0.39 is 5.41 Å². The number of allylic oxidation sites excluding steroid dienone is 1. The number of hydrogen-bond acceptors (Lipinski definition) is 3. The Bertz CT molecular complexity index is 313. The first-order valence-electron chi connectivity index (χ1n) is 7.02. The second-order valence-electron chi connectivity index (χ2n) is 5.41. The average molecular weight is 270 g/mol. The van der Waals surface area contributed by atoms with Crippen LogP contribution in [-0.2, 0) is 14.3 Å². The van der Waals surface area contributed by atoms with Gasteiger partial charge in [0.2, 0.25) is 0 Å². The summed E-state index contributed by atoms with van der Waals surface area (Å²) < 4.78 is 11.3. The first-order chi connectivity index (χ1) is 8.48. The molecule has 3 nitrogen and oxygen atoms in total. The molecule has 0 spiro atoms. The average Bonchev–Trinajstić information content (AvgIpc) is 2.29. The molecular formula is C14H26O3Si. The number of esters is 1. The van der Waals surface area contributed by atoms with E-state index in [1.54, 1.807) is 0 Å². The first kappa shape index (κ1) is 15.4. The van der Waals surface area contributed by atoms with Gasteiger partial charge < -0.3 is 9.47 Å². The molecule has 0 aromatic rings. The van der Waals surface area contributed by atoms with Crippen LogP contribution in [0.25, 0.3) is 0 Å². The second kappa shape index (κ2) is 7.09. The van der Waals surface area contributed by atoms with Gasteiger partial charge in [-0.15, -0.1) is 0 Å². The molecular weight excluding hydrogens is 244 g/mol. The van der Waals surface area contributed by atoms with E-state index in [0.29, 0.717) is 0 Å². The smallest absolute Gasteiger partial charge is 0.336 e. The van der Waals surface area contributed by atoms with E-state index in [1.165, 1.54) is 0 Å². The molecule has 0 saturated carbocycles. The number of ether oxygens (including phenoxy) is 2. The largest absolute Gasteiger partial charge is 0.435 e. The Hall–Kier alpha value is -0.613. The summed E-state index contributed by atoms with van der Waals surface area (Å²) in [6.07, 6.45) is 5.96. The molecule has 1 atom stereocenters. The minimum Gasteiger partial charge on any atom is -0.435 e. The zero-order valence-electron chi connectivity index (χ0n) is 12.2. The molecule has 0 amide bonds. The lowest BCUT2D eigenvalue weighted by Gasteiger charge is -2.34. The Morgan fingerprint density at radius 2 is 2.11 bits per heavy atom. The summed E-state index contributed by atoms with van der Waals surface area (Å²) in [6.45, 7) is 6.81. The molecule has 1 aliphatic rings. The molecule has 1 saturated heterocycles. The van der Waals surface area contributed by atoms with E-state index in [9.17, 15) is 4.79 Å². The molecule has 0 N–H and O–H groups in total. The summed E-state index contributed by atoms with van der Waals surface area (Å²) >= 11 is 0. The molecule has 1 aliphatic heterocycles. The van der Waals surface area contributed by atoms with Crippen LogP contribution in [-0.4, -0.2) is 28.2 Å². The van der Waals surface area contributed by atoms with Gasteiger partial charge in [0.05, 0.1) is 16.8 Å². The third-order valence-electron chi connectivity index (χ3n) is 3.37. The molecule has 1 heterocycles. The standard InChI is InChI=1S/C14H26O3Si/c1-4-5-8-12(11(2)3)13(15)17-14(18)9-6-7-10-16-14/h4-10H2,1-3,18H3. The van der Waals surface area contributed by atoms with Crippen molar-refractivity contribution in [3.8, 4) is 0 Å². The predicted octanol–water partition coefficient (Wildman–Crippen LogP) is 2.28. The summed E-state index contributed by atoms with van der Waals surface area (Å²) in [5.74, 6) is -0.166. The lowest BCUT2D eigenvalue weighted by molar-refractivity contribution is -0.202. The van der Waals surface area contributed by atoms with Crippen molar-refractivity contribution in [3.63, 3.8) is 0 Å². The van der Waals surface area contributed by atoms with Crippen molar-refractivity contribution in [3.05, 3.63) is 11.1 Å². The van der Waals surface area contributed by atoms with Gasteiger partial charge >= 0.3 is 5.97 Å². The van der Waals surface area contributed by atoms with Crippen LogP contribution in [0.4, 0.5) is 0 Å². The maximum atomic E-state index is 12.2. The third kappa shape index (κ3) is 4.57. The van der Waals surface area contributed by atoms with Gasteiger partial charge in [0.15, 0.2) is 5.41 Å². The van der Waals surface area contributed by atoms with Gasteiger partial charge in [-0.3, -0.25) is 0 Å². The Morgan fingerprint density at radius 3 is 2.61 bits per heavy atom. The van der Waals surface area contributed by atoms with Gasteiger partial charge in [0.25, 0.3) is 0 Å². The molecule has 104 valence electrons. The summed E-state index contributed by atoms with van der Waals surface area (Å²) in [7, 11) is 0.737. The molecule has 0 aromatic heterocycles. The fraction of sp³-hybridized carbons (Fsp3) is 0.786. The van der Waals surface area contributed by atoms with Crippen LogP contribution in [0.3, 0.4) is 0 Å². The first-order valence-corrected chi connectivity index (χ1v) is 8.02. The van der Waals surface area contributed by atoms with Crippen LogP contribution in [0, 0.1) is 0 Å². The highest BCUT2D eigenvalue weighted by Crippen LogP contribution is 2.25. The topological polar surface area (TPSA) is 35.5 Å². The number of unbranched alkanes of at least 4 members (excludes halogenated alkanes) is 1. The zero-order valence-corrected chi connectivity index (χ0v) is 14.2. The monoisotopic (exact) mass is 270 g/mol. The number of carbonyl (C=O) groups excluding carboxylic acids is 1. The van der Waals surface area contributed by atoms with Crippen molar-refractivity contribution in [1.29, 1.82) is 0 Å². The minimum atomic E-state index is -0.581. The summed E-state index contributed by atoms with van der Waals surface area (Å²) in [6, 6.07) is 0. The molecule has 0 bridgehead atoms. The van der Waals surface area contributed by atoms with Gasteiger partial charge in [-0.25, -0.2) is 4.79 Å². The van der Waals surface area contributed by atoms with E-state index in [4.69, 9.17) is 9.47 Å². The number of carbonyl (C=O) groups is 1. The molecule has 1 fully saturated rings. The Balaban J connectivity index is 2.64. The van der Waals surface area contributed by atoms with Crippen molar-refractivity contribution in [2.75, 3.05) is 6.61 Å². The SMILES string of the molecule is CCCCC(C(=O)OC1([SiH3])CCCCO1)=C(C)C. The molecule has 18 heavy (non-hydrogen) atoms. The molecule has 0 aromatic carbocycles.